The van der Waals surface area contributed by atoms with Crippen molar-refractivity contribution < 1.29 is 24.2 Å². The van der Waals surface area contributed by atoms with Crippen LogP contribution in [0.1, 0.15) is 43.7 Å². The van der Waals surface area contributed by atoms with Crippen molar-refractivity contribution in [2.24, 2.45) is 17.8 Å². The summed E-state index contributed by atoms with van der Waals surface area (Å²) >= 11 is 0. The molecule has 0 aliphatic heterocycles. The number of amides is 2. The zero-order chi connectivity index (χ0) is 23.5. The first-order valence-corrected chi connectivity index (χ1v) is 11.5. The highest BCUT2D eigenvalue weighted by atomic mass is 16.5. The molecule has 1 fully saturated rings. The molecule has 0 bridgehead atoms. The maximum atomic E-state index is 12.4. The Labute approximate surface area is 193 Å². The Kier molecular flexibility index (Phi) is 6.67. The molecule has 4 rings (SSSR count). The monoisotopic (exact) mass is 450 g/mol. The molecular weight excluding hydrogens is 420 g/mol. The molecule has 2 aliphatic carbocycles. The Bertz CT molecular complexity index is 1000. The average Bonchev–Trinajstić information content (AvgIpc) is 3.51. The van der Waals surface area contributed by atoms with Gasteiger partial charge in [0.15, 0.2) is 0 Å². The Morgan fingerprint density at radius 3 is 2.21 bits per heavy atom. The number of alkyl carbamates (subject to hydrolysis) is 1. The molecule has 0 saturated heterocycles. The average molecular weight is 451 g/mol. The van der Waals surface area contributed by atoms with Crippen molar-refractivity contribution in [1.82, 2.24) is 10.6 Å². The fraction of sp³-hybridized carbons (Fsp3) is 0.423. The zero-order valence-corrected chi connectivity index (χ0v) is 18.9. The molecule has 7 heteroatoms. The predicted molar refractivity (Wildman–Crippen MR) is 124 cm³/mol. The van der Waals surface area contributed by atoms with Crippen LogP contribution in [-0.4, -0.2) is 42.3 Å². The second kappa shape index (κ2) is 9.65. The van der Waals surface area contributed by atoms with Gasteiger partial charge < -0.3 is 20.5 Å². The van der Waals surface area contributed by atoms with Crippen molar-refractivity contribution in [3.8, 4) is 11.1 Å². The van der Waals surface area contributed by atoms with E-state index in [0.29, 0.717) is 13.0 Å². The van der Waals surface area contributed by atoms with Gasteiger partial charge in [0.05, 0.1) is 6.42 Å². The summed E-state index contributed by atoms with van der Waals surface area (Å²) in [5.41, 5.74) is 4.67. The van der Waals surface area contributed by atoms with Gasteiger partial charge in [0.25, 0.3) is 0 Å². The van der Waals surface area contributed by atoms with Crippen LogP contribution in [0.25, 0.3) is 11.1 Å². The molecule has 3 N–H and O–H groups in total. The van der Waals surface area contributed by atoms with Crippen molar-refractivity contribution >= 4 is 18.0 Å². The molecule has 174 valence electrons. The van der Waals surface area contributed by atoms with Crippen LogP contribution in [0.5, 0.6) is 0 Å². The number of fused-ring (bicyclic) bond motifs is 3. The van der Waals surface area contributed by atoms with Gasteiger partial charge >= 0.3 is 12.1 Å². The van der Waals surface area contributed by atoms with E-state index in [2.05, 4.69) is 34.9 Å². The second-order valence-corrected chi connectivity index (χ2v) is 9.27. The number of rotatable bonds is 9. The summed E-state index contributed by atoms with van der Waals surface area (Å²) in [6.45, 7) is 4.38. The van der Waals surface area contributed by atoms with Gasteiger partial charge in [-0.1, -0.05) is 62.4 Å². The third-order valence-electron chi connectivity index (χ3n) is 6.64. The lowest BCUT2D eigenvalue weighted by Gasteiger charge is -2.20. The van der Waals surface area contributed by atoms with Crippen molar-refractivity contribution in [2.75, 3.05) is 13.2 Å². The van der Waals surface area contributed by atoms with E-state index in [9.17, 15) is 14.4 Å². The van der Waals surface area contributed by atoms with Crippen LogP contribution in [0.2, 0.25) is 0 Å². The number of ether oxygens (including phenoxy) is 1. The topological polar surface area (TPSA) is 105 Å². The SMILES string of the molecule is CC(C)[C@H](CC(=O)O)NC(=O)C1CC1CNC(=O)OCC1c2ccccc2-c2ccccc21. The van der Waals surface area contributed by atoms with E-state index >= 15 is 0 Å². The van der Waals surface area contributed by atoms with Crippen molar-refractivity contribution in [3.05, 3.63) is 59.7 Å². The van der Waals surface area contributed by atoms with Crippen LogP contribution in [-0.2, 0) is 14.3 Å². The number of hydrogen-bond acceptors (Lipinski definition) is 4. The smallest absolute Gasteiger partial charge is 0.407 e. The van der Waals surface area contributed by atoms with Crippen molar-refractivity contribution in [3.63, 3.8) is 0 Å². The number of hydrogen-bond donors (Lipinski definition) is 3. The minimum atomic E-state index is -0.932. The van der Waals surface area contributed by atoms with E-state index < -0.39 is 18.1 Å². The molecule has 0 radical (unpaired) electrons. The number of carboxylic acid groups (broad SMARTS) is 1. The number of carbonyl (C=O) groups excluding carboxylic acids is 2. The lowest BCUT2D eigenvalue weighted by Crippen LogP contribution is -2.41. The Balaban J connectivity index is 1.24. The molecule has 33 heavy (non-hydrogen) atoms. The molecular formula is C26H30N2O5. The Morgan fingerprint density at radius 2 is 1.64 bits per heavy atom. The van der Waals surface area contributed by atoms with Crippen molar-refractivity contribution in [2.45, 2.75) is 38.6 Å². The third kappa shape index (κ3) is 5.18. The number of carboxylic acids is 1. The maximum absolute atomic E-state index is 12.4. The van der Waals surface area contributed by atoms with E-state index in [1.807, 2.05) is 38.1 Å². The van der Waals surface area contributed by atoms with E-state index in [1.54, 1.807) is 0 Å². The van der Waals surface area contributed by atoms with E-state index in [0.717, 1.165) is 11.1 Å². The third-order valence-corrected chi connectivity index (χ3v) is 6.64. The normalized spacial score (nSPS) is 19.4. The lowest BCUT2D eigenvalue weighted by molar-refractivity contribution is -0.138. The number of carbonyl (C=O) groups is 3. The first-order valence-electron chi connectivity index (χ1n) is 11.5. The fourth-order valence-corrected chi connectivity index (χ4v) is 4.59. The van der Waals surface area contributed by atoms with Crippen LogP contribution in [0, 0.1) is 17.8 Å². The van der Waals surface area contributed by atoms with Gasteiger partial charge in [-0.05, 0) is 40.5 Å². The molecule has 1 saturated carbocycles. The Hall–Kier alpha value is -3.35. The molecule has 0 spiro atoms. The van der Waals surface area contributed by atoms with Crippen molar-refractivity contribution in [1.29, 1.82) is 0 Å². The zero-order valence-electron chi connectivity index (χ0n) is 18.9. The predicted octanol–water partition coefficient (Wildman–Crippen LogP) is 3.78. The summed E-state index contributed by atoms with van der Waals surface area (Å²) in [6, 6.07) is 15.9. The molecule has 2 amide bonds. The molecule has 3 atom stereocenters. The molecule has 7 nitrogen and oxygen atoms in total. The highest BCUT2D eigenvalue weighted by Gasteiger charge is 2.43. The number of nitrogens with one attached hydrogen (secondary N) is 2. The van der Waals surface area contributed by atoms with E-state index in [1.165, 1.54) is 11.1 Å². The summed E-state index contributed by atoms with van der Waals surface area (Å²) < 4.78 is 5.54. The van der Waals surface area contributed by atoms with E-state index in [-0.39, 0.29) is 42.6 Å². The molecule has 0 heterocycles. The molecule has 2 unspecified atom stereocenters. The van der Waals surface area contributed by atoms with Crippen LogP contribution in [0.15, 0.2) is 48.5 Å². The largest absolute Gasteiger partial charge is 0.481 e. The Morgan fingerprint density at radius 1 is 1.03 bits per heavy atom. The highest BCUT2D eigenvalue weighted by molar-refractivity contribution is 5.83. The summed E-state index contributed by atoms with van der Waals surface area (Å²) in [5.74, 6) is -1.20. The van der Waals surface area contributed by atoms with Crippen LogP contribution in [0.4, 0.5) is 4.79 Å². The number of benzene rings is 2. The quantitative estimate of drug-likeness (QED) is 0.539. The van der Waals surface area contributed by atoms with Gasteiger partial charge in [-0.3, -0.25) is 9.59 Å². The van der Waals surface area contributed by atoms with Gasteiger partial charge in [-0.2, -0.15) is 0 Å². The number of aliphatic carboxylic acids is 1. The summed E-state index contributed by atoms with van der Waals surface area (Å²) in [6.07, 6.45) is 0.0838. The molecule has 2 aliphatic rings. The first kappa shape index (κ1) is 22.8. The van der Waals surface area contributed by atoms with Gasteiger partial charge in [0, 0.05) is 24.4 Å². The van der Waals surface area contributed by atoms with Gasteiger partial charge in [0.2, 0.25) is 5.91 Å². The fourth-order valence-electron chi connectivity index (χ4n) is 4.59. The van der Waals surface area contributed by atoms with E-state index in [4.69, 9.17) is 9.84 Å². The summed E-state index contributed by atoms with van der Waals surface area (Å²) in [7, 11) is 0. The minimum Gasteiger partial charge on any atom is -0.481 e. The van der Waals surface area contributed by atoms with Crippen LogP contribution in [0.3, 0.4) is 0 Å². The molecule has 2 aromatic rings. The van der Waals surface area contributed by atoms with Gasteiger partial charge in [-0.15, -0.1) is 0 Å². The van der Waals surface area contributed by atoms with Gasteiger partial charge in [0.1, 0.15) is 6.61 Å². The highest BCUT2D eigenvalue weighted by Crippen LogP contribution is 2.44. The summed E-state index contributed by atoms with van der Waals surface area (Å²) in [4.78, 5) is 35.8. The van der Waals surface area contributed by atoms with Crippen LogP contribution < -0.4 is 10.6 Å². The van der Waals surface area contributed by atoms with Gasteiger partial charge in [-0.25, -0.2) is 4.79 Å². The minimum absolute atomic E-state index is 0.00445. The maximum Gasteiger partial charge on any atom is 0.407 e. The first-order chi connectivity index (χ1) is 15.8. The van der Waals surface area contributed by atoms with Crippen LogP contribution >= 0.6 is 0 Å². The molecule has 0 aromatic heterocycles. The molecule has 2 aromatic carbocycles. The summed E-state index contributed by atoms with van der Waals surface area (Å²) in [5, 5.41) is 14.6. The standard InChI is InChI=1S/C26H30N2O5/c1-15(2)23(12-24(29)30)28-25(31)21-11-16(21)13-27-26(32)33-14-22-19-9-5-3-7-17(19)18-8-4-6-10-20(18)22/h3-10,15-16,21-23H,11-14H2,1-2H3,(H,27,32)(H,28,31)(H,29,30)/t16?,21?,23-/m0/s1. The lowest BCUT2D eigenvalue weighted by atomic mass is 9.98. The second-order valence-electron chi connectivity index (χ2n) is 9.27.